The quantitative estimate of drug-likeness (QED) is 0.702. The average molecular weight is 239 g/mol. The summed E-state index contributed by atoms with van der Waals surface area (Å²) in [6.45, 7) is 0. The second-order valence-corrected chi connectivity index (χ2v) is 4.18. The maximum absolute atomic E-state index is 5.23. The second-order valence-electron chi connectivity index (χ2n) is 4.18. The Hall–Kier alpha value is -2.29. The summed E-state index contributed by atoms with van der Waals surface area (Å²) in [6.07, 6.45) is 2.36. The number of hydrogen-bond donors (Lipinski definition) is 0. The van der Waals surface area contributed by atoms with Crippen molar-refractivity contribution in [1.82, 2.24) is 4.98 Å². The fourth-order valence-electron chi connectivity index (χ4n) is 1.99. The molecule has 0 bridgehead atoms. The highest BCUT2D eigenvalue weighted by atomic mass is 16.5. The van der Waals surface area contributed by atoms with E-state index in [-0.39, 0.29) is 0 Å². The van der Waals surface area contributed by atoms with E-state index in [0.29, 0.717) is 0 Å². The lowest BCUT2D eigenvalue weighted by molar-refractivity contribution is 0.414. The molecule has 0 amide bonds. The van der Waals surface area contributed by atoms with Crippen LogP contribution in [0.15, 0.2) is 53.3 Å². The van der Waals surface area contributed by atoms with Gasteiger partial charge in [-0.3, -0.25) is 0 Å². The van der Waals surface area contributed by atoms with Crippen LogP contribution >= 0.6 is 0 Å². The van der Waals surface area contributed by atoms with Crippen molar-refractivity contribution in [3.63, 3.8) is 0 Å². The molecule has 0 aliphatic rings. The van der Waals surface area contributed by atoms with Gasteiger partial charge in [-0.15, -0.1) is 0 Å². The number of ether oxygens (including phenoxy) is 1. The van der Waals surface area contributed by atoms with E-state index in [2.05, 4.69) is 29.2 Å². The van der Waals surface area contributed by atoms with Gasteiger partial charge in [-0.1, -0.05) is 18.2 Å². The molecule has 0 saturated heterocycles. The molecule has 0 spiro atoms. The number of rotatable bonds is 3. The molecule has 18 heavy (non-hydrogen) atoms. The fraction of sp³-hybridized carbons (Fsp3) is 0.133. The van der Waals surface area contributed by atoms with Crippen LogP contribution in [0.5, 0.6) is 5.75 Å². The summed E-state index contributed by atoms with van der Waals surface area (Å²) >= 11 is 0. The van der Waals surface area contributed by atoms with Crippen LogP contribution in [-0.4, -0.2) is 12.1 Å². The van der Waals surface area contributed by atoms with Crippen molar-refractivity contribution in [3.8, 4) is 5.75 Å². The number of oxazole rings is 1. The highest BCUT2D eigenvalue weighted by Crippen LogP contribution is 2.18. The van der Waals surface area contributed by atoms with Gasteiger partial charge in [-0.2, -0.15) is 0 Å². The summed E-state index contributed by atoms with van der Waals surface area (Å²) in [5.74, 6) is 0.880. The standard InChI is InChI=1S/C15H13NO2/c1-17-13-5-2-11(3-6-13)8-12-4-7-15-14(9-12)16-10-18-15/h2-7,9-10H,8H2,1H3. The van der Waals surface area contributed by atoms with Crippen LogP contribution in [0.25, 0.3) is 11.1 Å². The van der Waals surface area contributed by atoms with Gasteiger partial charge in [0.05, 0.1) is 7.11 Å². The maximum atomic E-state index is 5.23. The molecule has 2 aromatic carbocycles. The van der Waals surface area contributed by atoms with E-state index in [9.17, 15) is 0 Å². The normalized spacial score (nSPS) is 10.7. The van der Waals surface area contributed by atoms with Crippen LogP contribution in [0.1, 0.15) is 11.1 Å². The van der Waals surface area contributed by atoms with Gasteiger partial charge < -0.3 is 9.15 Å². The van der Waals surface area contributed by atoms with Crippen molar-refractivity contribution in [2.75, 3.05) is 7.11 Å². The molecule has 3 rings (SSSR count). The average Bonchev–Trinajstić information content (AvgIpc) is 2.87. The Morgan fingerprint density at radius 3 is 2.61 bits per heavy atom. The second kappa shape index (κ2) is 4.53. The SMILES string of the molecule is COc1ccc(Cc2ccc3ocnc3c2)cc1. The molecule has 0 fully saturated rings. The molecule has 3 nitrogen and oxygen atoms in total. The summed E-state index contributed by atoms with van der Waals surface area (Å²) in [6, 6.07) is 14.2. The lowest BCUT2D eigenvalue weighted by atomic mass is 10.0. The van der Waals surface area contributed by atoms with Crippen LogP contribution in [-0.2, 0) is 6.42 Å². The lowest BCUT2D eigenvalue weighted by Gasteiger charge is -2.03. The van der Waals surface area contributed by atoms with Crippen LogP contribution in [0.4, 0.5) is 0 Å². The van der Waals surface area contributed by atoms with E-state index < -0.39 is 0 Å². The summed E-state index contributed by atoms with van der Waals surface area (Å²) in [4.78, 5) is 4.16. The van der Waals surface area contributed by atoms with Crippen LogP contribution in [0, 0.1) is 0 Å². The Morgan fingerprint density at radius 1 is 1.06 bits per heavy atom. The monoisotopic (exact) mass is 239 g/mol. The van der Waals surface area contributed by atoms with Gasteiger partial charge >= 0.3 is 0 Å². The molecule has 1 heterocycles. The zero-order valence-corrected chi connectivity index (χ0v) is 10.1. The first-order valence-corrected chi connectivity index (χ1v) is 5.80. The number of benzene rings is 2. The van der Waals surface area contributed by atoms with Crippen molar-refractivity contribution < 1.29 is 9.15 Å². The number of nitrogens with zero attached hydrogens (tertiary/aromatic N) is 1. The van der Waals surface area contributed by atoms with Gasteiger partial charge in [0.1, 0.15) is 11.3 Å². The van der Waals surface area contributed by atoms with E-state index in [1.807, 2.05) is 18.2 Å². The smallest absolute Gasteiger partial charge is 0.181 e. The molecule has 3 aromatic rings. The van der Waals surface area contributed by atoms with Gasteiger partial charge in [0.15, 0.2) is 12.0 Å². The third kappa shape index (κ3) is 2.07. The number of aromatic nitrogens is 1. The molecular formula is C15H13NO2. The van der Waals surface area contributed by atoms with E-state index >= 15 is 0 Å². The third-order valence-electron chi connectivity index (χ3n) is 2.96. The zero-order valence-electron chi connectivity index (χ0n) is 10.1. The molecule has 1 aromatic heterocycles. The van der Waals surface area contributed by atoms with E-state index in [4.69, 9.17) is 9.15 Å². The van der Waals surface area contributed by atoms with Gasteiger partial charge in [0.25, 0.3) is 0 Å². The predicted molar refractivity (Wildman–Crippen MR) is 69.8 cm³/mol. The topological polar surface area (TPSA) is 35.3 Å². The highest BCUT2D eigenvalue weighted by Gasteiger charge is 2.01. The summed E-state index contributed by atoms with van der Waals surface area (Å²) < 4.78 is 10.4. The predicted octanol–water partition coefficient (Wildman–Crippen LogP) is 3.43. The molecule has 0 unspecified atom stereocenters. The van der Waals surface area contributed by atoms with Gasteiger partial charge in [0, 0.05) is 0 Å². The number of hydrogen-bond acceptors (Lipinski definition) is 3. The molecular weight excluding hydrogens is 226 g/mol. The molecule has 0 radical (unpaired) electrons. The summed E-state index contributed by atoms with van der Waals surface area (Å²) in [7, 11) is 1.67. The first-order chi connectivity index (χ1) is 8.85. The van der Waals surface area contributed by atoms with E-state index in [0.717, 1.165) is 23.3 Å². The van der Waals surface area contributed by atoms with Crippen LogP contribution < -0.4 is 4.74 Å². The van der Waals surface area contributed by atoms with E-state index in [1.54, 1.807) is 7.11 Å². The van der Waals surface area contributed by atoms with E-state index in [1.165, 1.54) is 17.5 Å². The number of fused-ring (bicyclic) bond motifs is 1. The van der Waals surface area contributed by atoms with Gasteiger partial charge in [-0.05, 0) is 41.8 Å². The highest BCUT2D eigenvalue weighted by molar-refractivity contribution is 5.72. The number of methoxy groups -OCH3 is 1. The molecule has 0 aliphatic carbocycles. The Labute approximate surface area is 105 Å². The van der Waals surface area contributed by atoms with Crippen molar-refractivity contribution in [2.45, 2.75) is 6.42 Å². The first-order valence-electron chi connectivity index (χ1n) is 5.80. The Morgan fingerprint density at radius 2 is 1.83 bits per heavy atom. The van der Waals surface area contributed by atoms with Crippen LogP contribution in [0.3, 0.4) is 0 Å². The first kappa shape index (κ1) is 10.8. The maximum Gasteiger partial charge on any atom is 0.181 e. The Balaban J connectivity index is 1.85. The van der Waals surface area contributed by atoms with Crippen molar-refractivity contribution >= 4 is 11.1 Å². The van der Waals surface area contributed by atoms with Crippen LogP contribution in [0.2, 0.25) is 0 Å². The minimum Gasteiger partial charge on any atom is -0.497 e. The molecule has 0 atom stereocenters. The molecule has 90 valence electrons. The molecule has 0 N–H and O–H groups in total. The van der Waals surface area contributed by atoms with Gasteiger partial charge in [0.2, 0.25) is 0 Å². The minimum absolute atomic E-state index is 0.827. The minimum atomic E-state index is 0.827. The Kier molecular flexibility index (Phi) is 2.73. The van der Waals surface area contributed by atoms with Crippen molar-refractivity contribution in [3.05, 3.63) is 60.0 Å². The van der Waals surface area contributed by atoms with Crippen molar-refractivity contribution in [2.24, 2.45) is 0 Å². The van der Waals surface area contributed by atoms with Crippen molar-refractivity contribution in [1.29, 1.82) is 0 Å². The Bertz CT molecular complexity index is 656. The summed E-state index contributed by atoms with van der Waals surface area (Å²) in [5, 5.41) is 0. The third-order valence-corrected chi connectivity index (χ3v) is 2.96. The van der Waals surface area contributed by atoms with Gasteiger partial charge in [-0.25, -0.2) is 4.98 Å². The largest absolute Gasteiger partial charge is 0.497 e. The molecule has 0 aliphatic heterocycles. The zero-order chi connectivity index (χ0) is 12.4. The lowest BCUT2D eigenvalue weighted by Crippen LogP contribution is -1.89. The fourth-order valence-corrected chi connectivity index (χ4v) is 1.99. The summed E-state index contributed by atoms with van der Waals surface area (Å²) in [5.41, 5.74) is 4.20. The molecule has 0 saturated carbocycles. The molecule has 3 heteroatoms.